The molecule has 0 radical (unpaired) electrons. The average Bonchev–Trinajstić information content (AvgIpc) is 3.15. The zero-order valence-corrected chi connectivity index (χ0v) is 17.8. The summed E-state index contributed by atoms with van der Waals surface area (Å²) < 4.78 is 17.1. The third-order valence-electron chi connectivity index (χ3n) is 5.88. The van der Waals surface area contributed by atoms with Gasteiger partial charge in [-0.3, -0.25) is 0 Å². The molecule has 0 amide bonds. The molecule has 168 valence electrons. The van der Waals surface area contributed by atoms with Crippen molar-refractivity contribution in [3.8, 4) is 0 Å². The van der Waals surface area contributed by atoms with Gasteiger partial charge in [0.05, 0.1) is 6.61 Å². The van der Waals surface area contributed by atoms with Gasteiger partial charge in [0, 0.05) is 7.11 Å². The van der Waals surface area contributed by atoms with Gasteiger partial charge in [-0.1, -0.05) is 91.0 Å². The van der Waals surface area contributed by atoms with Gasteiger partial charge in [0.1, 0.15) is 30.0 Å². The van der Waals surface area contributed by atoms with Crippen LogP contribution in [0, 0.1) is 0 Å². The molecule has 0 aromatic heterocycles. The predicted molar refractivity (Wildman–Crippen MR) is 119 cm³/mol. The Morgan fingerprint density at radius 2 is 1.22 bits per heavy atom. The van der Waals surface area contributed by atoms with Crippen molar-refractivity contribution in [3.63, 3.8) is 0 Å². The predicted octanol–water partition coefficient (Wildman–Crippen LogP) is 2.45. The molecule has 0 spiro atoms. The maximum absolute atomic E-state index is 10.9. The second-order valence-electron chi connectivity index (χ2n) is 7.84. The minimum atomic E-state index is -1.29. The Bertz CT molecular complexity index is 869. The van der Waals surface area contributed by atoms with Crippen LogP contribution >= 0.6 is 0 Å². The van der Waals surface area contributed by atoms with Gasteiger partial charge in [-0.2, -0.15) is 0 Å². The number of benzene rings is 3. The lowest BCUT2D eigenvalue weighted by molar-refractivity contribution is -0.173. The first-order valence-corrected chi connectivity index (χ1v) is 10.6. The molecule has 1 heterocycles. The number of hydrogen-bond acceptors (Lipinski definition) is 6. The van der Waals surface area contributed by atoms with E-state index in [9.17, 15) is 15.3 Å². The Balaban J connectivity index is 1.72. The molecule has 3 aromatic rings. The summed E-state index contributed by atoms with van der Waals surface area (Å²) in [5.74, 6) is 0. The Labute approximate surface area is 187 Å². The third-order valence-corrected chi connectivity index (χ3v) is 5.88. The quantitative estimate of drug-likeness (QED) is 0.470. The first kappa shape index (κ1) is 22.6. The number of rotatable bonds is 8. The van der Waals surface area contributed by atoms with E-state index in [0.29, 0.717) is 0 Å². The van der Waals surface area contributed by atoms with Gasteiger partial charge in [0.2, 0.25) is 0 Å². The minimum absolute atomic E-state index is 0.149. The summed E-state index contributed by atoms with van der Waals surface area (Å²) in [5, 5.41) is 31.3. The molecule has 0 saturated carbocycles. The lowest BCUT2D eigenvalue weighted by Gasteiger charge is -2.37. The molecule has 1 aliphatic rings. The summed E-state index contributed by atoms with van der Waals surface area (Å²) in [7, 11) is 1.37. The molecule has 0 bridgehead atoms. The van der Waals surface area contributed by atoms with Crippen LogP contribution in [0.1, 0.15) is 16.7 Å². The van der Waals surface area contributed by atoms with Gasteiger partial charge in [-0.05, 0) is 16.7 Å². The molecule has 1 aliphatic heterocycles. The van der Waals surface area contributed by atoms with E-state index < -0.39 is 36.3 Å². The van der Waals surface area contributed by atoms with Crippen molar-refractivity contribution in [2.24, 2.45) is 0 Å². The van der Waals surface area contributed by atoms with Crippen LogP contribution in [0.5, 0.6) is 0 Å². The van der Waals surface area contributed by atoms with Crippen molar-refractivity contribution >= 4 is 0 Å². The monoisotopic (exact) mass is 436 g/mol. The Kier molecular flexibility index (Phi) is 7.01. The highest BCUT2D eigenvalue weighted by Gasteiger charge is 2.47. The first-order chi connectivity index (χ1) is 15.6. The molecule has 0 unspecified atom stereocenters. The molecule has 4 rings (SSSR count). The van der Waals surface area contributed by atoms with Crippen LogP contribution in [0.15, 0.2) is 91.0 Å². The fourth-order valence-corrected chi connectivity index (χ4v) is 4.26. The molecule has 5 atom stereocenters. The van der Waals surface area contributed by atoms with Crippen molar-refractivity contribution < 1.29 is 29.5 Å². The van der Waals surface area contributed by atoms with Gasteiger partial charge in [0.25, 0.3) is 0 Å². The van der Waals surface area contributed by atoms with Crippen LogP contribution in [0.4, 0.5) is 0 Å². The summed E-state index contributed by atoms with van der Waals surface area (Å²) in [5.41, 5.74) is 1.68. The first-order valence-electron chi connectivity index (χ1n) is 10.6. The average molecular weight is 437 g/mol. The van der Waals surface area contributed by atoms with Gasteiger partial charge < -0.3 is 29.5 Å². The SMILES string of the molecule is CO[C@@H]1O[C@@H]([C@H](O)COC(c2ccccc2)(c2ccccc2)c2ccccc2)[C@H](O)[C@H]1O. The molecule has 1 saturated heterocycles. The number of methoxy groups -OCH3 is 1. The van der Waals surface area contributed by atoms with Crippen molar-refractivity contribution in [3.05, 3.63) is 108 Å². The molecule has 0 aliphatic carbocycles. The molecule has 3 aromatic carbocycles. The number of hydrogen-bond donors (Lipinski definition) is 3. The number of aliphatic hydroxyl groups excluding tert-OH is 3. The van der Waals surface area contributed by atoms with Gasteiger partial charge in [-0.25, -0.2) is 0 Å². The second kappa shape index (κ2) is 9.92. The fraction of sp³-hybridized carbons (Fsp3) is 0.308. The summed E-state index contributed by atoms with van der Waals surface area (Å²) in [6, 6.07) is 29.4. The second-order valence-corrected chi connectivity index (χ2v) is 7.84. The molecule has 1 fully saturated rings. The Hall–Kier alpha value is -2.58. The van der Waals surface area contributed by atoms with E-state index in [-0.39, 0.29) is 6.61 Å². The molecule has 6 heteroatoms. The Morgan fingerprint density at radius 3 is 1.59 bits per heavy atom. The van der Waals surface area contributed by atoms with Crippen molar-refractivity contribution in [2.45, 2.75) is 36.3 Å². The maximum Gasteiger partial charge on any atom is 0.186 e. The zero-order chi connectivity index (χ0) is 22.6. The van der Waals surface area contributed by atoms with Crippen LogP contribution in [0.3, 0.4) is 0 Å². The van der Waals surface area contributed by atoms with Crippen molar-refractivity contribution in [2.75, 3.05) is 13.7 Å². The third kappa shape index (κ3) is 4.21. The fourth-order valence-electron chi connectivity index (χ4n) is 4.26. The van der Waals surface area contributed by atoms with E-state index in [1.165, 1.54) is 7.11 Å². The largest absolute Gasteiger partial charge is 0.388 e. The van der Waals surface area contributed by atoms with Gasteiger partial charge in [-0.15, -0.1) is 0 Å². The molecule has 6 nitrogen and oxygen atoms in total. The molecule has 32 heavy (non-hydrogen) atoms. The van der Waals surface area contributed by atoms with Crippen LogP contribution in [0.2, 0.25) is 0 Å². The Morgan fingerprint density at radius 1 is 0.781 bits per heavy atom. The minimum Gasteiger partial charge on any atom is -0.388 e. The number of aliphatic hydroxyl groups is 3. The lowest BCUT2D eigenvalue weighted by Crippen LogP contribution is -2.43. The highest BCUT2D eigenvalue weighted by Crippen LogP contribution is 2.40. The summed E-state index contributed by atoms with van der Waals surface area (Å²) >= 11 is 0. The van der Waals surface area contributed by atoms with E-state index in [4.69, 9.17) is 14.2 Å². The lowest BCUT2D eigenvalue weighted by atomic mass is 9.80. The summed E-state index contributed by atoms with van der Waals surface area (Å²) in [6.45, 7) is -0.149. The van der Waals surface area contributed by atoms with Crippen LogP contribution in [-0.2, 0) is 19.8 Å². The van der Waals surface area contributed by atoms with Crippen molar-refractivity contribution in [1.82, 2.24) is 0 Å². The smallest absolute Gasteiger partial charge is 0.186 e. The van der Waals surface area contributed by atoms with E-state index >= 15 is 0 Å². The molecular formula is C26H28O6. The maximum atomic E-state index is 10.9. The van der Waals surface area contributed by atoms with Gasteiger partial charge >= 0.3 is 0 Å². The van der Waals surface area contributed by atoms with E-state index in [0.717, 1.165) is 16.7 Å². The van der Waals surface area contributed by atoms with Crippen LogP contribution < -0.4 is 0 Å². The highest BCUT2D eigenvalue weighted by molar-refractivity contribution is 5.47. The van der Waals surface area contributed by atoms with Crippen LogP contribution in [-0.4, -0.2) is 59.7 Å². The van der Waals surface area contributed by atoms with Crippen molar-refractivity contribution in [1.29, 1.82) is 0 Å². The molecular weight excluding hydrogens is 408 g/mol. The normalized spacial score (nSPS) is 24.4. The van der Waals surface area contributed by atoms with E-state index in [1.807, 2.05) is 91.0 Å². The molecule has 3 N–H and O–H groups in total. The van der Waals surface area contributed by atoms with E-state index in [1.54, 1.807) is 0 Å². The number of ether oxygens (including phenoxy) is 3. The van der Waals surface area contributed by atoms with E-state index in [2.05, 4.69) is 0 Å². The summed E-state index contributed by atoms with van der Waals surface area (Å²) in [6.07, 6.45) is -5.79. The zero-order valence-electron chi connectivity index (χ0n) is 17.8. The van der Waals surface area contributed by atoms with Crippen LogP contribution in [0.25, 0.3) is 0 Å². The highest BCUT2D eigenvalue weighted by atomic mass is 16.7. The standard InChI is InChI=1S/C26H28O6/c1-30-25-23(29)22(28)24(32-25)21(27)17-31-26(18-11-5-2-6-12-18,19-13-7-3-8-14-19)20-15-9-4-10-16-20/h2-16,21-25,27-29H,17H2,1H3/t21-,22-,23-,24+,25-/m1/s1. The summed E-state index contributed by atoms with van der Waals surface area (Å²) in [4.78, 5) is 0. The topological polar surface area (TPSA) is 88.4 Å². The van der Waals surface area contributed by atoms with Gasteiger partial charge in [0.15, 0.2) is 6.29 Å².